The molecule has 0 spiro atoms. The quantitative estimate of drug-likeness (QED) is 0.563. The minimum atomic E-state index is -0.435. The number of hydrogen-bond acceptors (Lipinski definition) is 6. The predicted octanol–water partition coefficient (Wildman–Crippen LogP) is 1.63. The van der Waals surface area contributed by atoms with Crippen molar-refractivity contribution in [3.8, 4) is 0 Å². The second-order valence-electron chi connectivity index (χ2n) is 6.67. The molecule has 2 aromatic heterocycles. The van der Waals surface area contributed by atoms with Crippen LogP contribution < -0.4 is 10.5 Å². The molecule has 1 aliphatic rings. The fraction of sp³-hybridized carbons (Fsp3) is 0.353. The third-order valence-electron chi connectivity index (χ3n) is 4.84. The van der Waals surface area contributed by atoms with Gasteiger partial charge in [-0.05, 0) is 30.4 Å². The largest absolute Gasteiger partial charge is 0.366 e. The minimum Gasteiger partial charge on any atom is -0.366 e. The number of nitrogens with one attached hydrogen (secondary N) is 1. The van der Waals surface area contributed by atoms with Gasteiger partial charge >= 0.3 is 0 Å². The second kappa shape index (κ2) is 6.25. The van der Waals surface area contributed by atoms with Gasteiger partial charge in [-0.1, -0.05) is 0 Å². The molecule has 1 aromatic carbocycles. The van der Waals surface area contributed by atoms with E-state index in [9.17, 15) is 14.9 Å². The molecule has 1 aliphatic heterocycles. The summed E-state index contributed by atoms with van der Waals surface area (Å²) in [5, 5.41) is 16.0. The van der Waals surface area contributed by atoms with Crippen LogP contribution in [0.15, 0.2) is 35.6 Å². The van der Waals surface area contributed by atoms with Gasteiger partial charge in [0.05, 0.1) is 28.4 Å². The van der Waals surface area contributed by atoms with Gasteiger partial charge in [-0.15, -0.1) is 0 Å². The van der Waals surface area contributed by atoms with E-state index in [0.717, 1.165) is 25.9 Å². The van der Waals surface area contributed by atoms with E-state index in [0.29, 0.717) is 17.1 Å². The molecule has 1 fully saturated rings. The smallest absolute Gasteiger partial charge is 0.293 e. The number of aromatic nitrogens is 4. The van der Waals surface area contributed by atoms with Crippen molar-refractivity contribution in [2.24, 2.45) is 13.0 Å². The maximum atomic E-state index is 11.9. The van der Waals surface area contributed by atoms with Crippen molar-refractivity contribution in [2.45, 2.75) is 12.8 Å². The summed E-state index contributed by atoms with van der Waals surface area (Å²) >= 11 is 0. The van der Waals surface area contributed by atoms with Crippen molar-refractivity contribution in [1.82, 2.24) is 19.7 Å². The standard InChI is InChI=1S/C17H18N6O3/c1-21-8-12(7-20-21)4-11-2-3-22(9-11)15-6-14-13(5-16(15)23(25)26)17(24)19-10-18-14/h5-8,10-11H,2-4,9H2,1H3,(H,18,19,24). The summed E-state index contributed by atoms with van der Waals surface area (Å²) in [6.45, 7) is 1.46. The highest BCUT2D eigenvalue weighted by atomic mass is 16.6. The first kappa shape index (κ1) is 16.2. The van der Waals surface area contributed by atoms with Crippen LogP contribution in [0.3, 0.4) is 0 Å². The number of rotatable bonds is 4. The van der Waals surface area contributed by atoms with Crippen molar-refractivity contribution >= 4 is 22.3 Å². The fourth-order valence-electron chi connectivity index (χ4n) is 3.62. The fourth-order valence-corrected chi connectivity index (χ4v) is 3.62. The lowest BCUT2D eigenvalue weighted by Gasteiger charge is -2.19. The zero-order valence-corrected chi connectivity index (χ0v) is 14.3. The predicted molar refractivity (Wildman–Crippen MR) is 96.3 cm³/mol. The van der Waals surface area contributed by atoms with Gasteiger partial charge in [0.15, 0.2) is 0 Å². The van der Waals surface area contributed by atoms with Crippen LogP contribution in [-0.4, -0.2) is 37.8 Å². The molecule has 0 radical (unpaired) electrons. The molecule has 1 N–H and O–H groups in total. The first-order chi connectivity index (χ1) is 12.5. The highest BCUT2D eigenvalue weighted by Gasteiger charge is 2.29. The number of nitro groups is 1. The van der Waals surface area contributed by atoms with E-state index in [1.807, 2.05) is 24.3 Å². The van der Waals surface area contributed by atoms with Crippen molar-refractivity contribution in [1.29, 1.82) is 0 Å². The number of nitrogens with zero attached hydrogens (tertiary/aromatic N) is 5. The maximum Gasteiger partial charge on any atom is 0.293 e. The van der Waals surface area contributed by atoms with E-state index in [4.69, 9.17) is 0 Å². The zero-order chi connectivity index (χ0) is 18.3. The van der Waals surface area contributed by atoms with Crippen LogP contribution in [0.1, 0.15) is 12.0 Å². The molecule has 9 heteroatoms. The highest BCUT2D eigenvalue weighted by Crippen LogP contribution is 2.35. The third kappa shape index (κ3) is 2.92. The number of H-pyrrole nitrogens is 1. The van der Waals surface area contributed by atoms with Crippen molar-refractivity contribution in [3.05, 3.63) is 56.9 Å². The summed E-state index contributed by atoms with van der Waals surface area (Å²) in [7, 11) is 1.89. The molecule has 3 heterocycles. The van der Waals surface area contributed by atoms with Crippen molar-refractivity contribution in [3.63, 3.8) is 0 Å². The van der Waals surface area contributed by atoms with Crippen LogP contribution in [-0.2, 0) is 13.5 Å². The van der Waals surface area contributed by atoms with Gasteiger partial charge in [0.1, 0.15) is 5.69 Å². The van der Waals surface area contributed by atoms with Crippen molar-refractivity contribution in [2.75, 3.05) is 18.0 Å². The molecule has 4 rings (SSSR count). The molecule has 1 unspecified atom stereocenters. The summed E-state index contributed by atoms with van der Waals surface area (Å²) in [5.41, 5.74) is 1.72. The van der Waals surface area contributed by atoms with Gasteiger partial charge < -0.3 is 9.88 Å². The molecule has 26 heavy (non-hydrogen) atoms. The number of aryl methyl sites for hydroxylation is 1. The van der Waals surface area contributed by atoms with Crippen LogP contribution in [0, 0.1) is 16.0 Å². The molecule has 0 aliphatic carbocycles. The van der Waals surface area contributed by atoms with E-state index in [1.54, 1.807) is 10.7 Å². The van der Waals surface area contributed by atoms with E-state index < -0.39 is 4.92 Å². The lowest BCUT2D eigenvalue weighted by molar-refractivity contribution is -0.384. The molecule has 0 amide bonds. The molecule has 3 aromatic rings. The highest BCUT2D eigenvalue weighted by molar-refractivity contribution is 5.87. The lowest BCUT2D eigenvalue weighted by atomic mass is 10.0. The third-order valence-corrected chi connectivity index (χ3v) is 4.84. The minimum absolute atomic E-state index is 0.0574. The SMILES string of the molecule is Cn1cc(CC2CCN(c3cc4nc[nH]c(=O)c4cc3[N+](=O)[O-])C2)cn1. The first-order valence-electron chi connectivity index (χ1n) is 8.39. The van der Waals surface area contributed by atoms with E-state index in [1.165, 1.54) is 18.0 Å². The van der Waals surface area contributed by atoms with Gasteiger partial charge in [-0.3, -0.25) is 19.6 Å². The van der Waals surface area contributed by atoms with E-state index in [2.05, 4.69) is 15.1 Å². The average molecular weight is 354 g/mol. The summed E-state index contributed by atoms with van der Waals surface area (Å²) in [6, 6.07) is 2.97. The molecular weight excluding hydrogens is 336 g/mol. The topological polar surface area (TPSA) is 110 Å². The van der Waals surface area contributed by atoms with Crippen LogP contribution in [0.4, 0.5) is 11.4 Å². The molecule has 1 atom stereocenters. The molecular formula is C17H18N6O3. The maximum absolute atomic E-state index is 11.9. The number of fused-ring (bicyclic) bond motifs is 1. The molecule has 134 valence electrons. The Kier molecular flexibility index (Phi) is 3.90. The normalized spacial score (nSPS) is 17.1. The molecule has 0 saturated carbocycles. The van der Waals surface area contributed by atoms with Crippen molar-refractivity contribution < 1.29 is 4.92 Å². The number of anilines is 1. The Balaban J connectivity index is 1.64. The number of benzene rings is 1. The summed E-state index contributed by atoms with van der Waals surface area (Å²) < 4.78 is 1.78. The summed E-state index contributed by atoms with van der Waals surface area (Å²) in [6.07, 6.45) is 7.01. The Hall–Kier alpha value is -3.23. The second-order valence-corrected chi connectivity index (χ2v) is 6.67. The van der Waals surface area contributed by atoms with Gasteiger partial charge in [-0.25, -0.2) is 4.98 Å². The average Bonchev–Trinajstić information content (AvgIpc) is 3.23. The van der Waals surface area contributed by atoms with Gasteiger partial charge in [0, 0.05) is 32.4 Å². The van der Waals surface area contributed by atoms with Crippen LogP contribution in [0.5, 0.6) is 0 Å². The number of aromatic amines is 1. The molecule has 1 saturated heterocycles. The zero-order valence-electron chi connectivity index (χ0n) is 14.3. The van der Waals surface area contributed by atoms with Gasteiger partial charge in [0.25, 0.3) is 11.2 Å². The summed E-state index contributed by atoms with van der Waals surface area (Å²) in [5.74, 6) is 0.404. The Labute approximate surface area is 148 Å². The van der Waals surface area contributed by atoms with E-state index in [-0.39, 0.29) is 16.6 Å². The summed E-state index contributed by atoms with van der Waals surface area (Å²) in [4.78, 5) is 31.6. The van der Waals surface area contributed by atoms with Gasteiger partial charge in [0.2, 0.25) is 0 Å². The Morgan fingerprint density at radius 3 is 3.00 bits per heavy atom. The number of nitro benzene ring substituents is 1. The van der Waals surface area contributed by atoms with Crippen LogP contribution in [0.2, 0.25) is 0 Å². The van der Waals surface area contributed by atoms with Gasteiger partial charge in [-0.2, -0.15) is 5.10 Å². The Morgan fingerprint density at radius 2 is 2.27 bits per heavy atom. The monoisotopic (exact) mass is 354 g/mol. The van der Waals surface area contributed by atoms with Crippen LogP contribution in [0.25, 0.3) is 10.9 Å². The Bertz CT molecular complexity index is 1040. The molecule has 9 nitrogen and oxygen atoms in total. The van der Waals surface area contributed by atoms with Crippen LogP contribution >= 0.6 is 0 Å². The lowest BCUT2D eigenvalue weighted by Crippen LogP contribution is -2.21. The number of hydrogen-bond donors (Lipinski definition) is 1. The molecule has 0 bridgehead atoms. The first-order valence-corrected chi connectivity index (χ1v) is 8.39. The van der Waals surface area contributed by atoms with E-state index >= 15 is 0 Å². The Morgan fingerprint density at radius 1 is 1.42 bits per heavy atom.